The van der Waals surface area contributed by atoms with Gasteiger partial charge in [-0.2, -0.15) is 0 Å². The second-order valence-electron chi connectivity index (χ2n) is 12.8. The average molecular weight is 684 g/mol. The third-order valence-corrected chi connectivity index (χ3v) is 39.7. The van der Waals surface area contributed by atoms with Gasteiger partial charge in [-0.25, -0.2) is 0 Å². The first-order chi connectivity index (χ1) is 18.3. The minimum Gasteiger partial charge on any atom is -0.0622 e. The Balaban J connectivity index is 0.000000184. The summed E-state index contributed by atoms with van der Waals surface area (Å²) in [7, 11) is 0. The molecule has 0 spiro atoms. The Morgan fingerprint density at radius 1 is 0.684 bits per heavy atom. The van der Waals surface area contributed by atoms with E-state index >= 15 is 0 Å². The molecular formula is C35H43HfNSi. The Morgan fingerprint density at radius 2 is 1.13 bits per heavy atom. The van der Waals surface area contributed by atoms with Crippen molar-refractivity contribution in [3.8, 4) is 11.1 Å². The smallest absolute Gasteiger partial charge is 0.0184 e. The summed E-state index contributed by atoms with van der Waals surface area (Å²) in [5.41, 5.74) is 8.02. The SMILES string of the molecule is CC1=C(C)C(C)[C]([Hf]([CH3])([NH]C23CC4C(C2)C4C3)[SiH2]c2ccccc2)=C1C.c1ccc(-c2ccccc2)cc1. The second-order valence-corrected chi connectivity index (χ2v) is 41.8. The maximum Gasteiger partial charge on any atom is -0.0184 e. The Hall–Kier alpha value is -1.81. The van der Waals surface area contributed by atoms with Gasteiger partial charge >= 0.3 is 166 Å². The quantitative estimate of drug-likeness (QED) is 0.265. The molecule has 3 aromatic rings. The van der Waals surface area contributed by atoms with Crippen LogP contribution in [-0.2, 0) is 19.4 Å². The van der Waals surface area contributed by atoms with Gasteiger partial charge in [0.1, 0.15) is 0 Å². The molecule has 38 heavy (non-hydrogen) atoms. The van der Waals surface area contributed by atoms with Gasteiger partial charge < -0.3 is 0 Å². The van der Waals surface area contributed by atoms with E-state index < -0.39 is 19.4 Å². The Bertz CT molecular complexity index is 1290. The molecule has 3 heteroatoms. The van der Waals surface area contributed by atoms with Crippen molar-refractivity contribution in [2.24, 2.45) is 23.7 Å². The Labute approximate surface area is 236 Å². The van der Waals surface area contributed by atoms with Gasteiger partial charge in [-0.05, 0) is 11.1 Å². The van der Waals surface area contributed by atoms with Crippen LogP contribution in [0.25, 0.3) is 11.1 Å². The van der Waals surface area contributed by atoms with E-state index in [1.165, 1.54) is 30.4 Å². The predicted molar refractivity (Wildman–Crippen MR) is 163 cm³/mol. The summed E-state index contributed by atoms with van der Waals surface area (Å²) in [6, 6.07) is 32.3. The minimum atomic E-state index is -2.76. The molecule has 4 fully saturated rings. The van der Waals surface area contributed by atoms with E-state index in [4.69, 9.17) is 0 Å². The van der Waals surface area contributed by atoms with Gasteiger partial charge in [0.2, 0.25) is 0 Å². The van der Waals surface area contributed by atoms with Gasteiger partial charge in [0, 0.05) is 0 Å². The van der Waals surface area contributed by atoms with Crippen LogP contribution in [0.15, 0.2) is 111 Å². The van der Waals surface area contributed by atoms with E-state index in [1.54, 1.807) is 21.9 Å². The predicted octanol–water partition coefficient (Wildman–Crippen LogP) is 7.51. The number of benzene rings is 3. The molecule has 2 unspecified atom stereocenters. The fourth-order valence-electron chi connectivity index (χ4n) is 8.50. The van der Waals surface area contributed by atoms with Crippen molar-refractivity contribution < 1.29 is 19.4 Å². The van der Waals surface area contributed by atoms with Crippen LogP contribution in [0.1, 0.15) is 47.0 Å². The molecule has 1 N–H and O–H groups in total. The number of hydrogen-bond acceptors (Lipinski definition) is 1. The van der Waals surface area contributed by atoms with Gasteiger partial charge in [-0.3, -0.25) is 0 Å². The molecule has 3 aromatic carbocycles. The molecule has 5 aliphatic carbocycles. The van der Waals surface area contributed by atoms with Crippen molar-refractivity contribution in [1.82, 2.24) is 3.30 Å². The molecule has 0 saturated heterocycles. The van der Waals surface area contributed by atoms with Gasteiger partial charge in [-0.1, -0.05) is 60.7 Å². The Kier molecular flexibility index (Phi) is 7.16. The van der Waals surface area contributed by atoms with Crippen molar-refractivity contribution in [1.29, 1.82) is 0 Å². The van der Waals surface area contributed by atoms with Crippen molar-refractivity contribution >= 4 is 11.9 Å². The molecule has 196 valence electrons. The molecule has 0 aliphatic heterocycles. The zero-order chi connectivity index (χ0) is 26.5. The summed E-state index contributed by atoms with van der Waals surface area (Å²) >= 11 is -2.76. The largest absolute Gasteiger partial charge is 0.0622 e. The molecule has 5 aliphatic rings. The molecule has 0 amide bonds. The second kappa shape index (κ2) is 10.3. The molecule has 4 bridgehead atoms. The maximum atomic E-state index is 4.61. The van der Waals surface area contributed by atoms with Crippen LogP contribution in [0, 0.1) is 23.7 Å². The van der Waals surface area contributed by atoms with Gasteiger partial charge in [-0.15, -0.1) is 0 Å². The van der Waals surface area contributed by atoms with Crippen molar-refractivity contribution in [3.05, 3.63) is 111 Å². The van der Waals surface area contributed by atoms with Crippen LogP contribution < -0.4 is 8.49 Å². The van der Waals surface area contributed by atoms with Crippen molar-refractivity contribution in [3.63, 3.8) is 0 Å². The summed E-state index contributed by atoms with van der Waals surface area (Å²) in [6.45, 7) is 9.44. The van der Waals surface area contributed by atoms with E-state index in [1.807, 2.05) is 15.5 Å². The summed E-state index contributed by atoms with van der Waals surface area (Å²) in [5.74, 6) is 4.01. The van der Waals surface area contributed by atoms with Gasteiger partial charge in [0.15, 0.2) is 0 Å². The third-order valence-electron chi connectivity index (χ3n) is 10.4. The van der Waals surface area contributed by atoms with Crippen molar-refractivity contribution in [2.45, 2.75) is 57.2 Å². The van der Waals surface area contributed by atoms with E-state index in [0.29, 0.717) is 11.5 Å². The molecule has 0 aromatic heterocycles. The van der Waals surface area contributed by atoms with Crippen LogP contribution in [0.5, 0.6) is 0 Å². The molecule has 4 saturated carbocycles. The van der Waals surface area contributed by atoms with E-state index in [2.05, 4.69) is 115 Å². The van der Waals surface area contributed by atoms with Gasteiger partial charge in [0.05, 0.1) is 0 Å². The summed E-state index contributed by atoms with van der Waals surface area (Å²) in [5, 5.41) is 1.69. The molecule has 0 radical (unpaired) electrons. The van der Waals surface area contributed by atoms with Crippen LogP contribution in [0.2, 0.25) is 4.68 Å². The van der Waals surface area contributed by atoms with E-state index in [0.717, 1.165) is 17.8 Å². The van der Waals surface area contributed by atoms with Gasteiger partial charge in [0.25, 0.3) is 0 Å². The fourth-order valence-corrected chi connectivity index (χ4v) is 45.8. The molecule has 1 nitrogen and oxygen atoms in total. The number of hydrogen-bond donors (Lipinski definition) is 1. The summed E-state index contributed by atoms with van der Waals surface area (Å²) in [6.07, 6.45) is 4.52. The normalized spacial score (nSPS) is 30.6. The zero-order valence-electron chi connectivity index (χ0n) is 23.8. The Morgan fingerprint density at radius 3 is 1.55 bits per heavy atom. The first-order valence-electron chi connectivity index (χ1n) is 14.6. The number of allylic oxidation sites excluding steroid dienone is 4. The molecule has 2 atom stereocenters. The summed E-state index contributed by atoms with van der Waals surface area (Å²) < 4.78 is 9.32. The molecule has 0 heterocycles. The standard InChI is InChI=1S/C12H10.C9H13.C7H10N.C6H7Si.CH3.Hf/c1-3-7-11(8-4-1)12-9-5-2-6-10-12;1-6-5-7(2)9(4)8(6)3;8-7-1-4-5(2-7)6(4)3-7;7-6-4-2-1-3-5-6;;/h1-10H;6H,1-4H3;4-6,8H,1-3H2;1-5H,7H2;1H3;/q;;-1;;;+1. The number of nitrogens with one attached hydrogen (secondary N) is 1. The fraction of sp³-hybridized carbons (Fsp3) is 0.371. The topological polar surface area (TPSA) is 12.0 Å². The molecular weight excluding hydrogens is 641 g/mol. The third kappa shape index (κ3) is 4.84. The zero-order valence-corrected chi connectivity index (χ0v) is 28.8. The molecule has 8 rings (SSSR count). The van der Waals surface area contributed by atoms with Crippen LogP contribution >= 0.6 is 0 Å². The summed E-state index contributed by atoms with van der Waals surface area (Å²) in [4.78, 5) is 0. The van der Waals surface area contributed by atoms with Crippen LogP contribution in [-0.4, -0.2) is 12.2 Å². The maximum absolute atomic E-state index is 4.61. The van der Waals surface area contributed by atoms with Crippen LogP contribution in [0.3, 0.4) is 0 Å². The van der Waals surface area contributed by atoms with E-state index in [-0.39, 0.29) is 6.71 Å². The van der Waals surface area contributed by atoms with E-state index in [9.17, 15) is 0 Å². The first kappa shape index (κ1) is 26.4. The first-order valence-corrected chi connectivity index (χ1v) is 30.9. The monoisotopic (exact) mass is 685 g/mol. The average Bonchev–Trinajstić information content (AvgIpc) is 3.32. The minimum absolute atomic E-state index is 0.258. The van der Waals surface area contributed by atoms with Crippen LogP contribution in [0.4, 0.5) is 0 Å². The van der Waals surface area contributed by atoms with Crippen molar-refractivity contribution in [2.75, 3.05) is 0 Å². The number of rotatable bonds is 6.